The number of hydrogen-bond donors (Lipinski definition) is 1. The van der Waals surface area contributed by atoms with Gasteiger partial charge in [-0.3, -0.25) is 0 Å². The average molecular weight is 183 g/mol. The molecule has 1 saturated carbocycles. The molecule has 1 aromatic heterocycles. The lowest BCUT2D eigenvalue weighted by Crippen LogP contribution is -2.33. The van der Waals surface area contributed by atoms with Gasteiger partial charge in [0.05, 0.1) is 12.5 Å². The number of hydrogen-bond acceptors (Lipinski definition) is 2. The first-order valence-electron chi connectivity index (χ1n) is 4.53. The Bertz CT molecular complexity index is 285. The van der Waals surface area contributed by atoms with Crippen LogP contribution in [-0.4, -0.2) is 12.2 Å². The lowest BCUT2D eigenvalue weighted by Gasteiger charge is -2.17. The first kappa shape index (κ1) is 8.75. The Kier molecular flexibility index (Phi) is 1.91. The highest BCUT2D eigenvalue weighted by Gasteiger charge is 2.54. The van der Waals surface area contributed by atoms with Gasteiger partial charge < -0.3 is 10.2 Å². The van der Waals surface area contributed by atoms with E-state index in [0.717, 1.165) is 5.56 Å². The van der Waals surface area contributed by atoms with E-state index in [4.69, 9.17) is 10.2 Å². The van der Waals surface area contributed by atoms with Gasteiger partial charge in [-0.2, -0.15) is 0 Å². The van der Waals surface area contributed by atoms with Crippen molar-refractivity contribution in [2.24, 2.45) is 11.1 Å². The first-order valence-corrected chi connectivity index (χ1v) is 4.53. The second kappa shape index (κ2) is 2.84. The summed E-state index contributed by atoms with van der Waals surface area (Å²) in [5.41, 5.74) is 6.67. The van der Waals surface area contributed by atoms with Crippen LogP contribution in [0.15, 0.2) is 23.0 Å². The minimum Gasteiger partial charge on any atom is -0.472 e. The van der Waals surface area contributed by atoms with E-state index in [2.05, 4.69) is 0 Å². The van der Waals surface area contributed by atoms with Crippen molar-refractivity contribution in [2.45, 2.75) is 32.0 Å². The molecule has 1 aromatic rings. The number of alkyl halides is 1. The van der Waals surface area contributed by atoms with Crippen LogP contribution < -0.4 is 5.73 Å². The van der Waals surface area contributed by atoms with Crippen LogP contribution in [0.25, 0.3) is 0 Å². The molecule has 0 spiro atoms. The third-order valence-electron chi connectivity index (χ3n) is 3.06. The van der Waals surface area contributed by atoms with Crippen LogP contribution in [0.4, 0.5) is 4.39 Å². The molecule has 2 rings (SSSR count). The predicted molar refractivity (Wildman–Crippen MR) is 48.0 cm³/mol. The molecule has 0 saturated heterocycles. The fourth-order valence-electron chi connectivity index (χ4n) is 1.61. The normalized spacial score (nSPS) is 34.5. The fourth-order valence-corrected chi connectivity index (χ4v) is 1.61. The van der Waals surface area contributed by atoms with Crippen molar-refractivity contribution < 1.29 is 8.81 Å². The van der Waals surface area contributed by atoms with Crippen LogP contribution in [-0.2, 0) is 6.42 Å². The minimum atomic E-state index is -0.714. The Labute approximate surface area is 76.9 Å². The van der Waals surface area contributed by atoms with Gasteiger partial charge in [0.2, 0.25) is 0 Å². The van der Waals surface area contributed by atoms with Gasteiger partial charge in [-0.15, -0.1) is 0 Å². The van der Waals surface area contributed by atoms with Crippen molar-refractivity contribution in [1.29, 1.82) is 0 Å². The summed E-state index contributed by atoms with van der Waals surface area (Å²) in [6, 6.07) is 1.78. The van der Waals surface area contributed by atoms with Gasteiger partial charge >= 0.3 is 0 Å². The average Bonchev–Trinajstić information content (AvgIpc) is 2.53. The Balaban J connectivity index is 1.96. The molecule has 1 aliphatic carbocycles. The van der Waals surface area contributed by atoms with Gasteiger partial charge in [0.25, 0.3) is 0 Å². The van der Waals surface area contributed by atoms with Gasteiger partial charge in [-0.1, -0.05) is 6.92 Å². The summed E-state index contributed by atoms with van der Waals surface area (Å²) >= 11 is 0. The molecule has 0 aromatic carbocycles. The monoisotopic (exact) mass is 183 g/mol. The number of rotatable bonds is 3. The highest BCUT2D eigenvalue weighted by atomic mass is 19.1. The highest BCUT2D eigenvalue weighted by Crippen LogP contribution is 2.50. The van der Waals surface area contributed by atoms with E-state index in [-0.39, 0.29) is 11.5 Å². The van der Waals surface area contributed by atoms with E-state index in [1.807, 2.05) is 13.0 Å². The Morgan fingerprint density at radius 2 is 2.54 bits per heavy atom. The molecular formula is C10H14FNO. The molecule has 1 heterocycles. The largest absolute Gasteiger partial charge is 0.472 e. The summed E-state index contributed by atoms with van der Waals surface area (Å²) in [7, 11) is 0. The molecule has 2 N–H and O–H groups in total. The van der Waals surface area contributed by atoms with Crippen LogP contribution in [0, 0.1) is 5.41 Å². The van der Waals surface area contributed by atoms with Crippen LogP contribution in [0.1, 0.15) is 18.9 Å². The summed E-state index contributed by atoms with van der Waals surface area (Å²) in [6.07, 6.45) is 3.87. The zero-order chi connectivity index (χ0) is 9.47. The Hall–Kier alpha value is -0.830. The quantitative estimate of drug-likeness (QED) is 0.777. The molecule has 1 aliphatic rings. The van der Waals surface area contributed by atoms with E-state index in [9.17, 15) is 4.39 Å². The number of furan rings is 1. The smallest absolute Gasteiger partial charge is 0.108 e. The zero-order valence-electron chi connectivity index (χ0n) is 7.66. The number of nitrogens with two attached hydrogens (primary N) is 1. The molecule has 3 unspecified atom stereocenters. The maximum absolute atomic E-state index is 12.9. The van der Waals surface area contributed by atoms with Gasteiger partial charge in [0, 0.05) is 11.5 Å². The lowest BCUT2D eigenvalue weighted by atomic mass is 9.94. The van der Waals surface area contributed by atoms with Crippen LogP contribution in [0.2, 0.25) is 0 Å². The second-order valence-corrected chi connectivity index (χ2v) is 4.12. The Morgan fingerprint density at radius 3 is 3.00 bits per heavy atom. The molecule has 0 amide bonds. The van der Waals surface area contributed by atoms with Crippen molar-refractivity contribution in [3.63, 3.8) is 0 Å². The summed E-state index contributed by atoms with van der Waals surface area (Å²) in [4.78, 5) is 0. The molecule has 72 valence electrons. The van der Waals surface area contributed by atoms with Crippen molar-refractivity contribution >= 4 is 0 Å². The van der Waals surface area contributed by atoms with E-state index in [1.165, 1.54) is 0 Å². The summed E-state index contributed by atoms with van der Waals surface area (Å²) in [5, 5.41) is 0. The standard InChI is InChI=1S/C10H14FNO/c1-10(5-8(10)11)9(12)4-7-2-3-13-6-7/h2-3,6,8-9H,4-5,12H2,1H3. The van der Waals surface area contributed by atoms with Crippen LogP contribution in [0.5, 0.6) is 0 Å². The molecule has 13 heavy (non-hydrogen) atoms. The molecule has 2 nitrogen and oxygen atoms in total. The third-order valence-corrected chi connectivity index (χ3v) is 3.06. The van der Waals surface area contributed by atoms with Gasteiger partial charge in [0.15, 0.2) is 0 Å². The van der Waals surface area contributed by atoms with Crippen LogP contribution in [0.3, 0.4) is 0 Å². The van der Waals surface area contributed by atoms with Crippen molar-refractivity contribution in [2.75, 3.05) is 0 Å². The van der Waals surface area contributed by atoms with Gasteiger partial charge in [0.1, 0.15) is 6.17 Å². The molecule has 0 radical (unpaired) electrons. The lowest BCUT2D eigenvalue weighted by molar-refractivity contribution is 0.326. The Morgan fingerprint density at radius 1 is 1.85 bits per heavy atom. The SMILES string of the molecule is CC1(C(N)Cc2ccoc2)CC1F. The third kappa shape index (κ3) is 1.48. The van der Waals surface area contributed by atoms with Crippen LogP contribution >= 0.6 is 0 Å². The van der Waals surface area contributed by atoms with Gasteiger partial charge in [-0.25, -0.2) is 4.39 Å². The van der Waals surface area contributed by atoms with E-state index >= 15 is 0 Å². The van der Waals surface area contributed by atoms with Gasteiger partial charge in [-0.05, 0) is 24.5 Å². The highest BCUT2D eigenvalue weighted by molar-refractivity contribution is 5.14. The van der Waals surface area contributed by atoms with E-state index in [0.29, 0.717) is 12.8 Å². The maximum atomic E-state index is 12.9. The van der Waals surface area contributed by atoms with Crippen molar-refractivity contribution in [3.05, 3.63) is 24.2 Å². The minimum absolute atomic E-state index is 0.0971. The number of halogens is 1. The van der Waals surface area contributed by atoms with Crippen molar-refractivity contribution in [3.8, 4) is 0 Å². The van der Waals surface area contributed by atoms with E-state index < -0.39 is 6.17 Å². The molecule has 3 heteroatoms. The second-order valence-electron chi connectivity index (χ2n) is 4.12. The molecular weight excluding hydrogens is 169 g/mol. The fraction of sp³-hybridized carbons (Fsp3) is 0.600. The predicted octanol–water partition coefficient (Wildman–Crippen LogP) is 1.90. The summed E-state index contributed by atoms with van der Waals surface area (Å²) in [5.74, 6) is 0. The first-order chi connectivity index (χ1) is 6.13. The van der Waals surface area contributed by atoms with Crippen molar-refractivity contribution in [1.82, 2.24) is 0 Å². The molecule has 3 atom stereocenters. The molecule has 0 aliphatic heterocycles. The maximum Gasteiger partial charge on any atom is 0.108 e. The zero-order valence-corrected chi connectivity index (χ0v) is 7.66. The topological polar surface area (TPSA) is 39.2 Å². The summed E-state index contributed by atoms with van der Waals surface area (Å²) in [6.45, 7) is 1.91. The van der Waals surface area contributed by atoms with E-state index in [1.54, 1.807) is 12.5 Å². The molecule has 0 bridgehead atoms. The molecule has 1 fully saturated rings. The summed E-state index contributed by atoms with van der Waals surface area (Å²) < 4.78 is 17.9.